The van der Waals surface area contributed by atoms with E-state index in [1.807, 2.05) is 86.1 Å². The largest absolute Gasteiger partial charge is 0.490 e. The van der Waals surface area contributed by atoms with Crippen LogP contribution in [0.15, 0.2) is 98.1 Å². The summed E-state index contributed by atoms with van der Waals surface area (Å²) in [5.74, 6) is 7.43. The first-order chi connectivity index (χ1) is 23.2. The molecule has 0 unspecified atom stereocenters. The second kappa shape index (κ2) is 14.2. The Kier molecular flexibility index (Phi) is 9.48. The Balaban J connectivity index is 1.25. The van der Waals surface area contributed by atoms with Crippen LogP contribution in [-0.4, -0.2) is 48.8 Å². The van der Waals surface area contributed by atoms with Crippen LogP contribution in [0.2, 0.25) is 0 Å². The Morgan fingerprint density at radius 1 is 1.00 bits per heavy atom. The second-order valence-electron chi connectivity index (χ2n) is 12.4. The summed E-state index contributed by atoms with van der Waals surface area (Å²) in [7, 11) is 0. The maximum atomic E-state index is 12.7. The van der Waals surface area contributed by atoms with Crippen LogP contribution in [-0.2, 0) is 17.7 Å². The SMILES string of the molecule is CC(C)(C)OC(=O)N[C@H](COc1cncc(-c2cnc(N)c3cnc4cc(C#CCCn5ccnc5)ccc4c23)c1)Cc1ccccc1. The van der Waals surface area contributed by atoms with E-state index in [4.69, 9.17) is 20.2 Å². The molecular weight excluding hydrogens is 602 g/mol. The van der Waals surface area contributed by atoms with Crippen molar-refractivity contribution < 1.29 is 14.3 Å². The number of aromatic nitrogens is 5. The molecule has 0 fully saturated rings. The summed E-state index contributed by atoms with van der Waals surface area (Å²) in [6, 6.07) is 17.5. The molecule has 0 spiro atoms. The van der Waals surface area contributed by atoms with Gasteiger partial charge in [0.25, 0.3) is 0 Å². The summed E-state index contributed by atoms with van der Waals surface area (Å²) in [6.45, 7) is 6.49. The number of ether oxygens (including phenoxy) is 2. The summed E-state index contributed by atoms with van der Waals surface area (Å²) in [5, 5.41) is 5.55. The summed E-state index contributed by atoms with van der Waals surface area (Å²) in [5.41, 5.74) is 10.1. The number of amides is 1. The number of aryl methyl sites for hydroxylation is 1. The first-order valence-electron chi connectivity index (χ1n) is 15.7. The molecule has 242 valence electrons. The number of nitrogen functional groups attached to an aromatic ring is 1. The lowest BCUT2D eigenvalue weighted by molar-refractivity contribution is 0.0487. The van der Waals surface area contributed by atoms with Gasteiger partial charge in [-0.1, -0.05) is 48.2 Å². The maximum absolute atomic E-state index is 12.7. The van der Waals surface area contributed by atoms with E-state index < -0.39 is 11.7 Å². The fraction of sp³-hybridized carbons (Fsp3) is 0.237. The minimum absolute atomic E-state index is 0.207. The van der Waals surface area contributed by atoms with Gasteiger partial charge in [-0.3, -0.25) is 9.97 Å². The number of alkyl carbamates (subject to hydrolysis) is 1. The van der Waals surface area contributed by atoms with Crippen molar-refractivity contribution in [3.8, 4) is 28.7 Å². The lowest BCUT2D eigenvalue weighted by Crippen LogP contribution is -2.43. The van der Waals surface area contributed by atoms with E-state index >= 15 is 0 Å². The van der Waals surface area contributed by atoms with E-state index in [0.717, 1.165) is 50.5 Å². The van der Waals surface area contributed by atoms with Gasteiger partial charge in [-0.15, -0.1) is 0 Å². The summed E-state index contributed by atoms with van der Waals surface area (Å²) in [4.78, 5) is 30.4. The number of carbonyl (C=O) groups is 1. The van der Waals surface area contributed by atoms with Crippen molar-refractivity contribution in [3.05, 3.63) is 109 Å². The number of carbonyl (C=O) groups excluding carboxylic acids is 1. The van der Waals surface area contributed by atoms with Gasteiger partial charge in [-0.05, 0) is 51.0 Å². The smallest absolute Gasteiger partial charge is 0.408 e. The molecule has 2 aromatic carbocycles. The topological polar surface area (TPSA) is 130 Å². The van der Waals surface area contributed by atoms with Crippen LogP contribution in [0.25, 0.3) is 32.8 Å². The molecule has 0 saturated heterocycles. The van der Waals surface area contributed by atoms with Gasteiger partial charge in [0, 0.05) is 76.8 Å². The van der Waals surface area contributed by atoms with E-state index in [2.05, 4.69) is 32.1 Å². The molecular formula is C38H37N7O3. The number of nitrogens with two attached hydrogens (primary N) is 1. The first-order valence-corrected chi connectivity index (χ1v) is 15.7. The Morgan fingerprint density at radius 3 is 2.65 bits per heavy atom. The molecule has 1 atom stereocenters. The highest BCUT2D eigenvalue weighted by molar-refractivity contribution is 6.15. The summed E-state index contributed by atoms with van der Waals surface area (Å²) < 4.78 is 13.7. The van der Waals surface area contributed by atoms with Gasteiger partial charge in [0.2, 0.25) is 0 Å². The standard InChI is InChI=1S/C38H37N7O3/c1-38(2,3)48-37(46)44-29(17-26-9-5-4-6-10-26)24-47-30-19-28(20-41-21-30)32-22-43-36(39)33-23-42-34-18-27(12-13-31(34)35(32)33)11-7-8-15-45-16-14-40-25-45/h4-6,9-10,12-14,16,18-23,25,29H,8,15,17,24H2,1-3H3,(H2,39,43)(H,44,46)/t29-/m0/s1. The lowest BCUT2D eigenvalue weighted by Gasteiger charge is -2.24. The zero-order valence-corrected chi connectivity index (χ0v) is 27.2. The highest BCUT2D eigenvalue weighted by Gasteiger charge is 2.21. The number of imidazole rings is 1. The van der Waals surface area contributed by atoms with Crippen LogP contribution < -0.4 is 15.8 Å². The molecule has 4 heterocycles. The predicted octanol–water partition coefficient (Wildman–Crippen LogP) is 6.58. The van der Waals surface area contributed by atoms with Crippen LogP contribution in [0.1, 0.15) is 38.3 Å². The molecule has 10 heteroatoms. The molecule has 0 aliphatic heterocycles. The van der Waals surface area contributed by atoms with Crippen LogP contribution >= 0.6 is 0 Å². The molecule has 0 saturated carbocycles. The fourth-order valence-corrected chi connectivity index (χ4v) is 5.38. The predicted molar refractivity (Wildman–Crippen MR) is 187 cm³/mol. The lowest BCUT2D eigenvalue weighted by atomic mass is 9.98. The molecule has 0 aliphatic rings. The Bertz CT molecular complexity index is 2100. The van der Waals surface area contributed by atoms with Crippen molar-refractivity contribution in [2.45, 2.75) is 51.8 Å². The number of nitrogens with zero attached hydrogens (tertiary/aromatic N) is 5. The third-order valence-electron chi connectivity index (χ3n) is 7.56. The number of rotatable bonds is 9. The third kappa shape index (κ3) is 8.06. The molecule has 0 aliphatic carbocycles. The van der Waals surface area contributed by atoms with Gasteiger partial charge in [0.05, 0.1) is 24.1 Å². The Hall–Kier alpha value is -5.95. The van der Waals surface area contributed by atoms with Crippen LogP contribution in [0, 0.1) is 11.8 Å². The number of benzene rings is 2. The van der Waals surface area contributed by atoms with Crippen molar-refractivity contribution in [2.24, 2.45) is 0 Å². The molecule has 6 rings (SSSR count). The van der Waals surface area contributed by atoms with E-state index in [1.165, 1.54) is 0 Å². The van der Waals surface area contributed by atoms with Crippen molar-refractivity contribution >= 4 is 33.6 Å². The zero-order chi connectivity index (χ0) is 33.5. The zero-order valence-electron chi connectivity index (χ0n) is 27.2. The first kappa shape index (κ1) is 32.0. The number of anilines is 1. The fourth-order valence-electron chi connectivity index (χ4n) is 5.38. The van der Waals surface area contributed by atoms with Crippen molar-refractivity contribution in [1.29, 1.82) is 0 Å². The van der Waals surface area contributed by atoms with Crippen molar-refractivity contribution in [2.75, 3.05) is 12.3 Å². The second-order valence-corrected chi connectivity index (χ2v) is 12.4. The summed E-state index contributed by atoms with van der Waals surface area (Å²) >= 11 is 0. The summed E-state index contributed by atoms with van der Waals surface area (Å²) in [6.07, 6.45) is 13.2. The van der Waals surface area contributed by atoms with Crippen molar-refractivity contribution in [1.82, 2.24) is 29.8 Å². The average Bonchev–Trinajstić information content (AvgIpc) is 3.59. The van der Waals surface area contributed by atoms with Gasteiger partial charge in [-0.2, -0.15) is 0 Å². The quantitative estimate of drug-likeness (QED) is 0.134. The number of fused-ring (bicyclic) bond motifs is 3. The highest BCUT2D eigenvalue weighted by atomic mass is 16.6. The minimum atomic E-state index is -0.619. The number of pyridine rings is 3. The van der Waals surface area contributed by atoms with E-state index in [0.29, 0.717) is 24.4 Å². The molecule has 0 radical (unpaired) electrons. The normalized spacial score (nSPS) is 11.9. The number of nitrogens with one attached hydrogen (secondary N) is 1. The molecule has 0 bridgehead atoms. The number of hydrogen-bond donors (Lipinski definition) is 2. The molecule has 1 amide bonds. The van der Waals surface area contributed by atoms with Crippen LogP contribution in [0.4, 0.5) is 10.6 Å². The monoisotopic (exact) mass is 639 g/mol. The molecule has 48 heavy (non-hydrogen) atoms. The van der Waals surface area contributed by atoms with E-state index in [1.54, 1.807) is 37.3 Å². The Morgan fingerprint density at radius 2 is 1.85 bits per heavy atom. The minimum Gasteiger partial charge on any atom is -0.490 e. The average molecular weight is 640 g/mol. The third-order valence-corrected chi connectivity index (χ3v) is 7.56. The molecule has 4 aromatic heterocycles. The van der Waals surface area contributed by atoms with Gasteiger partial charge in [0.1, 0.15) is 23.8 Å². The highest BCUT2D eigenvalue weighted by Crippen LogP contribution is 2.36. The Labute approximate surface area is 279 Å². The number of hydrogen-bond acceptors (Lipinski definition) is 8. The van der Waals surface area contributed by atoms with Crippen molar-refractivity contribution in [3.63, 3.8) is 0 Å². The van der Waals surface area contributed by atoms with Crippen LogP contribution in [0.5, 0.6) is 5.75 Å². The maximum Gasteiger partial charge on any atom is 0.408 e. The van der Waals surface area contributed by atoms with Gasteiger partial charge in [0.15, 0.2) is 0 Å². The van der Waals surface area contributed by atoms with E-state index in [-0.39, 0.29) is 12.6 Å². The molecule has 6 aromatic rings. The van der Waals surface area contributed by atoms with Gasteiger partial charge < -0.3 is 25.1 Å². The van der Waals surface area contributed by atoms with E-state index in [9.17, 15) is 4.79 Å². The molecule has 3 N–H and O–H groups in total. The molecule has 10 nitrogen and oxygen atoms in total. The van der Waals surface area contributed by atoms with Gasteiger partial charge >= 0.3 is 6.09 Å². The van der Waals surface area contributed by atoms with Gasteiger partial charge in [-0.25, -0.2) is 14.8 Å². The van der Waals surface area contributed by atoms with Crippen LogP contribution in [0.3, 0.4) is 0 Å².